The zero-order valence-corrected chi connectivity index (χ0v) is 11.6. The second-order valence-electron chi connectivity index (χ2n) is 6.04. The van der Waals surface area contributed by atoms with Gasteiger partial charge in [-0.15, -0.1) is 0 Å². The van der Waals surface area contributed by atoms with Crippen molar-refractivity contribution in [2.45, 2.75) is 45.4 Å². The average Bonchev–Trinajstić information content (AvgIpc) is 2.78. The Morgan fingerprint density at radius 2 is 1.89 bits per heavy atom. The minimum absolute atomic E-state index is 0.0667. The van der Waals surface area contributed by atoms with Gasteiger partial charge in [-0.1, -0.05) is 0 Å². The summed E-state index contributed by atoms with van der Waals surface area (Å²) in [5, 5.41) is 2.77. The molecule has 0 aliphatic carbocycles. The van der Waals surface area contributed by atoms with E-state index in [-0.39, 0.29) is 17.1 Å². The van der Waals surface area contributed by atoms with Crippen LogP contribution in [0.25, 0.3) is 0 Å². The zero-order valence-electron chi connectivity index (χ0n) is 11.6. The summed E-state index contributed by atoms with van der Waals surface area (Å²) in [6.45, 7) is 8.57. The van der Waals surface area contributed by atoms with Crippen molar-refractivity contribution in [3.05, 3.63) is 23.4 Å². The fourth-order valence-corrected chi connectivity index (χ4v) is 2.23. The molecule has 3 rings (SSSR count). The van der Waals surface area contributed by atoms with Gasteiger partial charge in [-0.05, 0) is 39.3 Å². The Morgan fingerprint density at radius 1 is 1.26 bits per heavy atom. The van der Waals surface area contributed by atoms with E-state index in [4.69, 9.17) is 9.31 Å². The van der Waals surface area contributed by atoms with Gasteiger partial charge in [0.25, 0.3) is 5.91 Å². The first-order chi connectivity index (χ1) is 8.80. The topological polar surface area (TPSA) is 60.5 Å². The lowest BCUT2D eigenvalue weighted by Crippen LogP contribution is -2.41. The molecule has 1 aromatic rings. The third-order valence-corrected chi connectivity index (χ3v) is 4.19. The number of carbonyl (C=O) groups excluding carboxylic acids is 1. The van der Waals surface area contributed by atoms with Crippen LogP contribution in [0.5, 0.6) is 0 Å². The number of carbonyl (C=O) groups is 1. The fourth-order valence-electron chi connectivity index (χ4n) is 2.23. The summed E-state index contributed by atoms with van der Waals surface area (Å²) in [7, 11) is -0.481. The van der Waals surface area contributed by atoms with Crippen molar-refractivity contribution >= 4 is 18.6 Å². The fraction of sp³-hybridized carbons (Fsp3) is 0.538. The van der Waals surface area contributed by atoms with Crippen molar-refractivity contribution in [1.29, 1.82) is 0 Å². The van der Waals surface area contributed by atoms with Gasteiger partial charge < -0.3 is 14.6 Å². The van der Waals surface area contributed by atoms with Gasteiger partial charge in [-0.3, -0.25) is 9.78 Å². The predicted octanol–water partition coefficient (Wildman–Crippen LogP) is 0.624. The molecule has 1 fully saturated rings. The highest BCUT2D eigenvalue weighted by Gasteiger charge is 2.52. The molecular formula is C13H17BN2O3. The van der Waals surface area contributed by atoms with Crippen molar-refractivity contribution in [3.63, 3.8) is 0 Å². The van der Waals surface area contributed by atoms with E-state index in [9.17, 15) is 4.79 Å². The first-order valence-electron chi connectivity index (χ1n) is 6.43. The minimum Gasteiger partial charge on any atom is -0.398 e. The third kappa shape index (κ3) is 1.86. The number of hydrogen-bond acceptors (Lipinski definition) is 4. The van der Waals surface area contributed by atoms with Crippen LogP contribution >= 0.6 is 0 Å². The molecule has 2 aliphatic heterocycles. The maximum atomic E-state index is 11.5. The Kier molecular flexibility index (Phi) is 2.53. The molecule has 0 saturated carbocycles. The number of pyridine rings is 1. The first kappa shape index (κ1) is 12.6. The van der Waals surface area contributed by atoms with Crippen LogP contribution in [-0.4, -0.2) is 29.2 Å². The molecular weight excluding hydrogens is 243 g/mol. The summed E-state index contributed by atoms with van der Waals surface area (Å²) >= 11 is 0. The van der Waals surface area contributed by atoms with E-state index in [2.05, 4.69) is 10.3 Å². The second-order valence-corrected chi connectivity index (χ2v) is 6.04. The minimum atomic E-state index is -0.481. The number of nitrogens with zero attached hydrogens (tertiary/aromatic N) is 1. The third-order valence-electron chi connectivity index (χ3n) is 4.19. The van der Waals surface area contributed by atoms with Gasteiger partial charge in [0, 0.05) is 12.7 Å². The quantitative estimate of drug-likeness (QED) is 0.752. The molecule has 3 heterocycles. The van der Waals surface area contributed by atoms with Crippen molar-refractivity contribution < 1.29 is 14.1 Å². The van der Waals surface area contributed by atoms with Gasteiger partial charge >= 0.3 is 7.12 Å². The van der Waals surface area contributed by atoms with Crippen LogP contribution in [-0.2, 0) is 15.9 Å². The maximum absolute atomic E-state index is 11.5. The summed E-state index contributed by atoms with van der Waals surface area (Å²) < 4.78 is 11.9. The Labute approximate surface area is 112 Å². The molecule has 0 bridgehead atoms. The normalized spacial score (nSPS) is 23.4. The van der Waals surface area contributed by atoms with Crippen LogP contribution in [0.1, 0.15) is 43.6 Å². The summed E-state index contributed by atoms with van der Waals surface area (Å²) in [5.41, 5.74) is 1.54. The lowest BCUT2D eigenvalue weighted by Gasteiger charge is -2.32. The van der Waals surface area contributed by atoms with Crippen molar-refractivity contribution in [2.75, 3.05) is 0 Å². The molecule has 0 radical (unpaired) electrons. The lowest BCUT2D eigenvalue weighted by atomic mass is 9.83. The highest BCUT2D eigenvalue weighted by Crippen LogP contribution is 2.36. The summed E-state index contributed by atoms with van der Waals surface area (Å²) in [6, 6.07) is 1.88. The monoisotopic (exact) mass is 260 g/mol. The summed E-state index contributed by atoms with van der Waals surface area (Å²) in [4.78, 5) is 15.8. The van der Waals surface area contributed by atoms with Crippen LogP contribution in [0, 0.1) is 0 Å². The molecule has 0 unspecified atom stereocenters. The zero-order chi connectivity index (χ0) is 13.8. The molecule has 1 N–H and O–H groups in total. The number of hydrogen-bond donors (Lipinski definition) is 1. The molecule has 2 aliphatic rings. The van der Waals surface area contributed by atoms with Gasteiger partial charge in [-0.2, -0.15) is 0 Å². The van der Waals surface area contributed by atoms with Crippen molar-refractivity contribution in [1.82, 2.24) is 10.3 Å². The maximum Gasteiger partial charge on any atom is 0.514 e. The molecule has 0 aromatic carbocycles. The van der Waals surface area contributed by atoms with E-state index in [0.29, 0.717) is 17.7 Å². The highest BCUT2D eigenvalue weighted by molar-refractivity contribution is 6.61. The molecule has 6 heteroatoms. The second kappa shape index (κ2) is 3.80. The Balaban J connectivity index is 1.91. The molecule has 100 valence electrons. The molecule has 5 nitrogen and oxygen atoms in total. The van der Waals surface area contributed by atoms with E-state index in [1.807, 2.05) is 33.8 Å². The van der Waals surface area contributed by atoms with Crippen molar-refractivity contribution in [3.8, 4) is 0 Å². The summed E-state index contributed by atoms with van der Waals surface area (Å²) in [6.07, 6.45) is 1.60. The van der Waals surface area contributed by atoms with E-state index in [0.717, 1.165) is 5.56 Å². The predicted molar refractivity (Wildman–Crippen MR) is 71.1 cm³/mol. The molecule has 1 aromatic heterocycles. The molecule has 1 saturated heterocycles. The van der Waals surface area contributed by atoms with Gasteiger partial charge in [-0.25, -0.2) is 0 Å². The van der Waals surface area contributed by atoms with E-state index >= 15 is 0 Å². The van der Waals surface area contributed by atoms with Gasteiger partial charge in [0.1, 0.15) is 0 Å². The number of nitrogens with one attached hydrogen (secondary N) is 1. The number of rotatable bonds is 1. The van der Waals surface area contributed by atoms with E-state index in [1.165, 1.54) is 0 Å². The molecule has 19 heavy (non-hydrogen) atoms. The lowest BCUT2D eigenvalue weighted by molar-refractivity contribution is 0.00578. The van der Waals surface area contributed by atoms with Crippen LogP contribution in [0.2, 0.25) is 0 Å². The van der Waals surface area contributed by atoms with Crippen LogP contribution < -0.4 is 10.9 Å². The first-order valence-corrected chi connectivity index (χ1v) is 6.43. The molecule has 0 atom stereocenters. The summed E-state index contributed by atoms with van der Waals surface area (Å²) in [5.74, 6) is -0.0667. The smallest absolute Gasteiger partial charge is 0.398 e. The Hall–Kier alpha value is -1.40. The van der Waals surface area contributed by atoms with Crippen LogP contribution in [0.15, 0.2) is 12.3 Å². The van der Waals surface area contributed by atoms with Crippen LogP contribution in [0.4, 0.5) is 0 Å². The van der Waals surface area contributed by atoms with E-state index < -0.39 is 7.12 Å². The van der Waals surface area contributed by atoms with Gasteiger partial charge in [0.15, 0.2) is 0 Å². The number of amides is 1. The van der Waals surface area contributed by atoms with E-state index in [1.54, 1.807) is 6.20 Å². The molecule has 1 amide bonds. The largest absolute Gasteiger partial charge is 0.514 e. The highest BCUT2D eigenvalue weighted by atomic mass is 16.7. The van der Waals surface area contributed by atoms with Gasteiger partial charge in [0.05, 0.1) is 22.4 Å². The Bertz CT molecular complexity index is 541. The van der Waals surface area contributed by atoms with Gasteiger partial charge in [0.2, 0.25) is 0 Å². The number of aromatic nitrogens is 1. The average molecular weight is 260 g/mol. The molecule has 0 spiro atoms. The van der Waals surface area contributed by atoms with Crippen molar-refractivity contribution in [2.24, 2.45) is 0 Å². The number of fused-ring (bicyclic) bond motifs is 1. The Morgan fingerprint density at radius 3 is 2.53 bits per heavy atom. The van der Waals surface area contributed by atoms with Crippen LogP contribution in [0.3, 0.4) is 0 Å². The standard InChI is InChI=1S/C13H17BN2O3/c1-12(2)13(3,4)19-14(18-12)10-5-8-6-16-11(17)9(8)7-15-10/h5,7H,6H2,1-4H3,(H,16,17). The SMILES string of the molecule is CC1(C)OB(c2cc3c(cn2)C(=O)NC3)OC1(C)C.